The highest BCUT2D eigenvalue weighted by molar-refractivity contribution is 7.16. The number of thiophene rings is 1. The van der Waals surface area contributed by atoms with Gasteiger partial charge in [0.05, 0.1) is 21.1 Å². The summed E-state index contributed by atoms with van der Waals surface area (Å²) in [6.45, 7) is 1.64. The SMILES string of the molecule is CNC(=O)c1cc(F)c(C2c3c(nc4sc(C)nn34)CCN2C(=O)COc2ccc(C(N)=O)nc2Cl)s1. The molecule has 1 aliphatic rings. The van der Waals surface area contributed by atoms with Crippen LogP contribution in [-0.2, 0) is 11.2 Å². The molecule has 1 unspecified atom stereocenters. The number of ether oxygens (including phenoxy) is 1. The van der Waals surface area contributed by atoms with E-state index >= 15 is 4.39 Å². The van der Waals surface area contributed by atoms with Crippen molar-refractivity contribution in [2.45, 2.75) is 19.4 Å². The molecule has 0 fully saturated rings. The molecule has 5 rings (SSSR count). The van der Waals surface area contributed by atoms with E-state index in [9.17, 15) is 14.4 Å². The van der Waals surface area contributed by atoms with Crippen molar-refractivity contribution >= 4 is 57.0 Å². The number of nitrogens with one attached hydrogen (secondary N) is 1. The Balaban J connectivity index is 1.51. The molecule has 0 saturated carbocycles. The zero-order valence-electron chi connectivity index (χ0n) is 19.4. The van der Waals surface area contributed by atoms with Crippen molar-refractivity contribution in [1.82, 2.24) is 29.8 Å². The van der Waals surface area contributed by atoms with E-state index in [1.807, 2.05) is 6.92 Å². The van der Waals surface area contributed by atoms with Gasteiger partial charge in [-0.05, 0) is 25.1 Å². The van der Waals surface area contributed by atoms with Gasteiger partial charge in [0.25, 0.3) is 17.7 Å². The molecular weight excluding hydrogens is 545 g/mol. The monoisotopic (exact) mass is 563 g/mol. The quantitative estimate of drug-likeness (QED) is 0.343. The van der Waals surface area contributed by atoms with Gasteiger partial charge >= 0.3 is 0 Å². The molecule has 37 heavy (non-hydrogen) atoms. The van der Waals surface area contributed by atoms with E-state index in [0.29, 0.717) is 22.8 Å². The third-order valence-corrected chi connectivity index (χ3v) is 7.98. The number of primary amides is 1. The molecule has 4 aromatic rings. The Morgan fingerprint density at radius 2 is 2.08 bits per heavy atom. The minimum atomic E-state index is -0.884. The van der Waals surface area contributed by atoms with Crippen molar-refractivity contribution in [3.8, 4) is 5.75 Å². The number of pyridine rings is 1. The van der Waals surface area contributed by atoms with Gasteiger partial charge in [-0.25, -0.2) is 18.9 Å². The van der Waals surface area contributed by atoms with E-state index in [-0.39, 0.29) is 32.9 Å². The minimum absolute atomic E-state index is 0.0457. The molecule has 5 heterocycles. The maximum Gasteiger partial charge on any atom is 0.267 e. The fourth-order valence-electron chi connectivity index (χ4n) is 4.09. The lowest BCUT2D eigenvalue weighted by atomic mass is 10.0. The first-order chi connectivity index (χ1) is 17.7. The second-order valence-corrected chi connectivity index (χ2v) is 10.6. The highest BCUT2D eigenvalue weighted by Crippen LogP contribution is 2.41. The third kappa shape index (κ3) is 4.51. The van der Waals surface area contributed by atoms with E-state index in [4.69, 9.17) is 22.1 Å². The number of aromatic nitrogens is 4. The largest absolute Gasteiger partial charge is 0.481 e. The zero-order chi connectivity index (χ0) is 26.4. The van der Waals surface area contributed by atoms with Crippen molar-refractivity contribution in [3.05, 3.63) is 61.0 Å². The number of fused-ring (bicyclic) bond motifs is 3. The number of amides is 3. The first-order valence-electron chi connectivity index (χ1n) is 10.9. The normalized spacial score (nSPS) is 15.0. The van der Waals surface area contributed by atoms with E-state index < -0.39 is 36.2 Å². The number of carbonyl (C=O) groups is 3. The van der Waals surface area contributed by atoms with Crippen LogP contribution >= 0.6 is 34.3 Å². The summed E-state index contributed by atoms with van der Waals surface area (Å²) in [6.07, 6.45) is 0.428. The van der Waals surface area contributed by atoms with Crippen molar-refractivity contribution in [3.63, 3.8) is 0 Å². The molecule has 0 aromatic carbocycles. The van der Waals surface area contributed by atoms with Crippen LogP contribution in [0, 0.1) is 12.7 Å². The average molecular weight is 564 g/mol. The van der Waals surface area contributed by atoms with Crippen LogP contribution in [0.25, 0.3) is 4.96 Å². The molecule has 0 aliphatic carbocycles. The van der Waals surface area contributed by atoms with Crippen LogP contribution in [-0.4, -0.2) is 62.4 Å². The van der Waals surface area contributed by atoms with Crippen molar-refractivity contribution in [2.24, 2.45) is 5.73 Å². The number of halogens is 2. The molecule has 192 valence electrons. The molecule has 0 bridgehead atoms. The van der Waals surface area contributed by atoms with Gasteiger partial charge in [0.1, 0.15) is 22.6 Å². The van der Waals surface area contributed by atoms with E-state index in [1.165, 1.54) is 35.4 Å². The molecule has 3 N–H and O–H groups in total. The van der Waals surface area contributed by atoms with Crippen LogP contribution in [0.1, 0.15) is 47.5 Å². The van der Waals surface area contributed by atoms with Gasteiger partial charge in [-0.3, -0.25) is 14.4 Å². The molecule has 0 radical (unpaired) electrons. The first-order valence-corrected chi connectivity index (χ1v) is 12.9. The lowest BCUT2D eigenvalue weighted by Crippen LogP contribution is -2.43. The maximum atomic E-state index is 15.3. The van der Waals surface area contributed by atoms with E-state index in [0.717, 1.165) is 22.4 Å². The Morgan fingerprint density at radius 1 is 1.30 bits per heavy atom. The molecule has 0 saturated heterocycles. The lowest BCUT2D eigenvalue weighted by molar-refractivity contribution is -0.135. The summed E-state index contributed by atoms with van der Waals surface area (Å²) in [5.74, 6) is -2.18. The smallest absolute Gasteiger partial charge is 0.267 e. The summed E-state index contributed by atoms with van der Waals surface area (Å²) < 4.78 is 22.5. The van der Waals surface area contributed by atoms with Gasteiger partial charge in [-0.15, -0.1) is 11.3 Å². The minimum Gasteiger partial charge on any atom is -0.481 e. The number of nitrogens with two attached hydrogens (primary N) is 1. The zero-order valence-corrected chi connectivity index (χ0v) is 21.8. The van der Waals surface area contributed by atoms with Crippen LogP contribution in [0.3, 0.4) is 0 Å². The van der Waals surface area contributed by atoms with Gasteiger partial charge in [0.2, 0.25) is 4.96 Å². The molecular formula is C22H19ClFN7O4S2. The van der Waals surface area contributed by atoms with Gasteiger partial charge in [0, 0.05) is 20.0 Å². The third-order valence-electron chi connectivity index (χ3n) is 5.73. The number of nitrogens with zero attached hydrogens (tertiary/aromatic N) is 5. The first kappa shape index (κ1) is 25.0. The number of aryl methyl sites for hydroxylation is 1. The van der Waals surface area contributed by atoms with Crippen molar-refractivity contribution in [2.75, 3.05) is 20.2 Å². The topological polar surface area (TPSA) is 145 Å². The summed E-state index contributed by atoms with van der Waals surface area (Å²) >= 11 is 8.43. The van der Waals surface area contributed by atoms with E-state index in [2.05, 4.69) is 20.4 Å². The molecule has 3 amide bonds. The second kappa shape index (κ2) is 9.68. The fourth-order valence-corrected chi connectivity index (χ4v) is 6.17. The van der Waals surface area contributed by atoms with Crippen molar-refractivity contribution < 1.29 is 23.5 Å². The number of imidazole rings is 1. The standard InChI is InChI=1S/C22H19ClFN7O4S2/c1-9-29-31-16-11(28-22(31)36-9)5-6-30(17(16)18-10(24)7-14(37-18)21(34)26-2)15(32)8-35-13-4-3-12(20(25)33)27-19(13)23/h3-4,7,17H,5-6,8H2,1-2H3,(H2,25,33)(H,26,34). The van der Waals surface area contributed by atoms with Gasteiger partial charge < -0.3 is 20.7 Å². The Kier molecular flexibility index (Phi) is 6.56. The predicted octanol–water partition coefficient (Wildman–Crippen LogP) is 2.36. The Hall–Kier alpha value is -3.62. The number of rotatable bonds is 6. The lowest BCUT2D eigenvalue weighted by Gasteiger charge is -2.34. The van der Waals surface area contributed by atoms with Gasteiger partial charge in [-0.1, -0.05) is 22.9 Å². The van der Waals surface area contributed by atoms with Gasteiger partial charge in [0.15, 0.2) is 17.5 Å². The van der Waals surface area contributed by atoms with Crippen LogP contribution in [0.2, 0.25) is 5.15 Å². The Bertz CT molecular complexity index is 1570. The highest BCUT2D eigenvalue weighted by Gasteiger charge is 2.39. The predicted molar refractivity (Wildman–Crippen MR) is 134 cm³/mol. The molecule has 1 atom stereocenters. The van der Waals surface area contributed by atoms with Crippen LogP contribution in [0.15, 0.2) is 18.2 Å². The number of hydrogen-bond acceptors (Lipinski definition) is 9. The maximum absolute atomic E-state index is 15.3. The van der Waals surface area contributed by atoms with E-state index in [1.54, 1.807) is 4.52 Å². The van der Waals surface area contributed by atoms with Crippen LogP contribution < -0.4 is 15.8 Å². The van der Waals surface area contributed by atoms with Gasteiger partial charge in [-0.2, -0.15) is 5.10 Å². The molecule has 4 aromatic heterocycles. The van der Waals surface area contributed by atoms with Crippen LogP contribution in [0.5, 0.6) is 5.75 Å². The summed E-state index contributed by atoms with van der Waals surface area (Å²) in [6, 6.07) is 2.99. The van der Waals surface area contributed by atoms with Crippen LogP contribution in [0.4, 0.5) is 4.39 Å². The summed E-state index contributed by atoms with van der Waals surface area (Å²) in [5.41, 5.74) is 6.43. The molecule has 15 heteroatoms. The highest BCUT2D eigenvalue weighted by atomic mass is 35.5. The molecule has 0 spiro atoms. The molecule has 11 nitrogen and oxygen atoms in total. The Morgan fingerprint density at radius 3 is 2.78 bits per heavy atom. The number of carbonyl (C=O) groups excluding carboxylic acids is 3. The second-order valence-electron chi connectivity index (χ2n) is 8.04. The average Bonchev–Trinajstić information content (AvgIpc) is 3.53. The number of hydrogen-bond donors (Lipinski definition) is 2. The Labute approximate surface area is 222 Å². The summed E-state index contributed by atoms with van der Waals surface area (Å²) in [4.78, 5) is 47.9. The fraction of sp³-hybridized carbons (Fsp3) is 0.273. The summed E-state index contributed by atoms with van der Waals surface area (Å²) in [5, 5.41) is 7.63. The molecule has 1 aliphatic heterocycles. The van der Waals surface area contributed by atoms with Crippen molar-refractivity contribution in [1.29, 1.82) is 0 Å². The summed E-state index contributed by atoms with van der Waals surface area (Å²) in [7, 11) is 1.46.